The molecule has 0 radical (unpaired) electrons. The lowest BCUT2D eigenvalue weighted by Crippen LogP contribution is -2.33. The van der Waals surface area contributed by atoms with Gasteiger partial charge in [0.05, 0.1) is 11.4 Å². The van der Waals surface area contributed by atoms with Gasteiger partial charge in [-0.15, -0.1) is 0 Å². The number of rotatable bonds is 5. The van der Waals surface area contributed by atoms with Crippen LogP contribution in [0, 0.1) is 0 Å². The summed E-state index contributed by atoms with van der Waals surface area (Å²) < 4.78 is 3.72. The first-order valence-corrected chi connectivity index (χ1v) is 11.9. The molecule has 1 aliphatic heterocycles. The molecule has 4 heteroatoms. The van der Waals surface area contributed by atoms with Gasteiger partial charge in [0.25, 0.3) is 5.01 Å². The lowest BCUT2D eigenvalue weighted by atomic mass is 10.1. The Bertz CT molecular complexity index is 1260. The molecule has 0 saturated heterocycles. The number of hydrogen-bond donors (Lipinski definition) is 0. The number of hydrogen-bond acceptors (Lipinski definition) is 3. The van der Waals surface area contributed by atoms with Gasteiger partial charge in [0.2, 0.25) is 5.52 Å². The fourth-order valence-corrected chi connectivity index (χ4v) is 5.74. The lowest BCUT2D eigenvalue weighted by Gasteiger charge is -2.23. The molecule has 0 atom stereocenters. The molecular weight excluding hydrogens is 398 g/mol. The second-order valence-corrected chi connectivity index (χ2v) is 8.78. The first kappa shape index (κ1) is 19.8. The summed E-state index contributed by atoms with van der Waals surface area (Å²) in [6, 6.07) is 21.9. The van der Waals surface area contributed by atoms with Gasteiger partial charge in [0.15, 0.2) is 0 Å². The predicted molar refractivity (Wildman–Crippen MR) is 135 cm³/mol. The van der Waals surface area contributed by atoms with Gasteiger partial charge in [-0.05, 0) is 55.8 Å². The van der Waals surface area contributed by atoms with Crippen LogP contribution in [0.2, 0.25) is 0 Å². The summed E-state index contributed by atoms with van der Waals surface area (Å²) in [6.07, 6.45) is 6.73. The Labute approximate surface area is 188 Å². The van der Waals surface area contributed by atoms with Crippen LogP contribution in [-0.4, -0.2) is 13.1 Å². The number of anilines is 2. The van der Waals surface area contributed by atoms with Gasteiger partial charge in [-0.2, -0.15) is 4.57 Å². The number of aromatic nitrogens is 1. The van der Waals surface area contributed by atoms with Crippen LogP contribution < -0.4 is 14.4 Å². The van der Waals surface area contributed by atoms with E-state index in [4.69, 9.17) is 0 Å². The van der Waals surface area contributed by atoms with E-state index in [0.717, 1.165) is 19.6 Å². The normalized spacial score (nSPS) is 13.7. The monoisotopic (exact) mass is 426 g/mol. The van der Waals surface area contributed by atoms with Gasteiger partial charge in [-0.25, -0.2) is 0 Å². The SMILES string of the molecule is CCN1C(=CC=Cc2sc3ccccc3[n+]2CC)N(CC)c2cc3ccccc3cc21. The summed E-state index contributed by atoms with van der Waals surface area (Å²) in [4.78, 5) is 4.85. The van der Waals surface area contributed by atoms with Crippen molar-refractivity contribution < 1.29 is 4.57 Å². The highest BCUT2D eigenvalue weighted by molar-refractivity contribution is 7.18. The molecule has 0 fully saturated rings. The number of para-hydroxylation sites is 1. The van der Waals surface area contributed by atoms with Gasteiger partial charge in [0, 0.05) is 25.2 Å². The average Bonchev–Trinajstić information content (AvgIpc) is 3.31. The molecule has 2 heterocycles. The molecule has 0 spiro atoms. The Morgan fingerprint density at radius 2 is 1.45 bits per heavy atom. The first-order chi connectivity index (χ1) is 15.2. The van der Waals surface area contributed by atoms with E-state index in [0.29, 0.717) is 0 Å². The van der Waals surface area contributed by atoms with Crippen molar-refractivity contribution in [2.45, 2.75) is 27.3 Å². The highest BCUT2D eigenvalue weighted by Crippen LogP contribution is 2.43. The van der Waals surface area contributed by atoms with E-state index in [-0.39, 0.29) is 0 Å². The van der Waals surface area contributed by atoms with Crippen molar-refractivity contribution in [1.29, 1.82) is 0 Å². The molecule has 31 heavy (non-hydrogen) atoms. The van der Waals surface area contributed by atoms with Crippen molar-refractivity contribution in [3.05, 3.63) is 83.6 Å². The van der Waals surface area contributed by atoms with E-state index < -0.39 is 0 Å². The van der Waals surface area contributed by atoms with Crippen molar-refractivity contribution >= 4 is 49.8 Å². The van der Waals surface area contributed by atoms with Crippen molar-refractivity contribution in [2.24, 2.45) is 0 Å². The minimum absolute atomic E-state index is 0.944. The zero-order valence-electron chi connectivity index (χ0n) is 18.4. The molecule has 3 nitrogen and oxygen atoms in total. The number of allylic oxidation sites excluding steroid dienone is 2. The van der Waals surface area contributed by atoms with Gasteiger partial charge < -0.3 is 9.80 Å². The molecule has 0 N–H and O–H groups in total. The fraction of sp³-hybridized carbons (Fsp3) is 0.222. The lowest BCUT2D eigenvalue weighted by molar-refractivity contribution is -0.665. The third-order valence-electron chi connectivity index (χ3n) is 6.05. The topological polar surface area (TPSA) is 10.4 Å². The molecule has 1 aromatic heterocycles. The summed E-state index contributed by atoms with van der Waals surface area (Å²) >= 11 is 1.85. The van der Waals surface area contributed by atoms with Crippen LogP contribution in [0.15, 0.2) is 78.6 Å². The maximum absolute atomic E-state index is 2.43. The number of aryl methyl sites for hydroxylation is 1. The second-order valence-electron chi connectivity index (χ2n) is 7.71. The number of thiazole rings is 1. The molecule has 0 bridgehead atoms. The third kappa shape index (κ3) is 3.31. The number of benzene rings is 3. The summed E-state index contributed by atoms with van der Waals surface area (Å²) in [5, 5.41) is 3.87. The summed E-state index contributed by atoms with van der Waals surface area (Å²) in [5.41, 5.74) is 3.91. The van der Waals surface area contributed by atoms with E-state index in [1.807, 2.05) is 11.3 Å². The third-order valence-corrected chi connectivity index (χ3v) is 7.18. The maximum Gasteiger partial charge on any atom is 0.262 e. The van der Waals surface area contributed by atoms with Gasteiger partial charge in [0.1, 0.15) is 17.1 Å². The molecule has 3 aromatic carbocycles. The van der Waals surface area contributed by atoms with Crippen LogP contribution in [0.3, 0.4) is 0 Å². The standard InChI is InChI=1S/C27H28N3S/c1-4-28-23-18-20-12-7-8-13-21(20)19-24(23)29(5-2)26(28)16-11-17-27-30(6-3)22-14-9-10-15-25(22)31-27/h7-19H,4-6H2,1-3H3/q+1. The Kier molecular flexibility index (Phi) is 5.24. The van der Waals surface area contributed by atoms with E-state index >= 15 is 0 Å². The molecule has 5 rings (SSSR count). The number of nitrogens with zero attached hydrogens (tertiary/aromatic N) is 3. The Hall–Kier alpha value is -3.11. The predicted octanol–water partition coefficient (Wildman–Crippen LogP) is 6.58. The molecule has 4 aromatic rings. The van der Waals surface area contributed by atoms with Gasteiger partial charge in [-0.1, -0.05) is 53.8 Å². The summed E-state index contributed by atoms with van der Waals surface area (Å²) in [6.45, 7) is 9.53. The Morgan fingerprint density at radius 1 is 0.839 bits per heavy atom. The number of fused-ring (bicyclic) bond motifs is 3. The molecular formula is C27H28N3S+. The average molecular weight is 427 g/mol. The van der Waals surface area contributed by atoms with E-state index in [9.17, 15) is 0 Å². The van der Waals surface area contributed by atoms with Crippen molar-refractivity contribution in [2.75, 3.05) is 22.9 Å². The quantitative estimate of drug-likeness (QED) is 0.334. The first-order valence-electron chi connectivity index (χ1n) is 11.1. The highest BCUT2D eigenvalue weighted by Gasteiger charge is 2.29. The molecule has 0 saturated carbocycles. The van der Waals surface area contributed by atoms with Crippen molar-refractivity contribution in [3.8, 4) is 0 Å². The van der Waals surface area contributed by atoms with Crippen molar-refractivity contribution in [3.63, 3.8) is 0 Å². The van der Waals surface area contributed by atoms with Crippen LogP contribution in [0.5, 0.6) is 0 Å². The molecule has 156 valence electrons. The summed E-state index contributed by atoms with van der Waals surface area (Å²) in [5.74, 6) is 1.25. The Balaban J connectivity index is 1.55. The minimum atomic E-state index is 0.944. The zero-order valence-corrected chi connectivity index (χ0v) is 19.2. The maximum atomic E-state index is 2.43. The van der Waals surface area contributed by atoms with E-state index in [2.05, 4.69) is 114 Å². The van der Waals surface area contributed by atoms with E-state index in [1.165, 1.54) is 43.2 Å². The van der Waals surface area contributed by atoms with Crippen LogP contribution in [0.1, 0.15) is 25.8 Å². The summed E-state index contributed by atoms with van der Waals surface area (Å²) in [7, 11) is 0. The van der Waals surface area contributed by atoms with Crippen LogP contribution >= 0.6 is 11.3 Å². The second kappa shape index (κ2) is 8.20. The fourth-order valence-electron chi connectivity index (χ4n) is 4.61. The molecule has 0 amide bonds. The highest BCUT2D eigenvalue weighted by atomic mass is 32.1. The van der Waals surface area contributed by atoms with Crippen LogP contribution in [0.4, 0.5) is 11.4 Å². The van der Waals surface area contributed by atoms with Gasteiger partial charge >= 0.3 is 0 Å². The molecule has 0 unspecified atom stereocenters. The van der Waals surface area contributed by atoms with Crippen LogP contribution in [-0.2, 0) is 6.54 Å². The smallest absolute Gasteiger partial charge is 0.262 e. The van der Waals surface area contributed by atoms with Crippen LogP contribution in [0.25, 0.3) is 27.1 Å². The van der Waals surface area contributed by atoms with E-state index in [1.54, 1.807) is 0 Å². The Morgan fingerprint density at radius 3 is 2.06 bits per heavy atom. The van der Waals surface area contributed by atoms with Gasteiger partial charge in [-0.3, -0.25) is 0 Å². The minimum Gasteiger partial charge on any atom is -0.326 e. The zero-order chi connectivity index (χ0) is 21.4. The molecule has 0 aliphatic carbocycles. The van der Waals surface area contributed by atoms with Crippen molar-refractivity contribution in [1.82, 2.24) is 0 Å². The largest absolute Gasteiger partial charge is 0.326 e. The molecule has 1 aliphatic rings.